The molecule has 0 bridgehead atoms. The van der Waals surface area contributed by atoms with E-state index < -0.39 is 0 Å². The molecule has 2 rings (SSSR count). The SMILES string of the molecule is COc1cc(C)c(/C=C/c2ccc(C=O)cc2)c(C)c1C. The molecule has 2 heteroatoms. The molecule has 0 aromatic heterocycles. The minimum absolute atomic E-state index is 0.694. The van der Waals surface area contributed by atoms with Crippen molar-refractivity contribution >= 4 is 18.4 Å². The summed E-state index contributed by atoms with van der Waals surface area (Å²) in [7, 11) is 1.70. The van der Waals surface area contributed by atoms with E-state index in [0.29, 0.717) is 5.56 Å². The first kappa shape index (κ1) is 15.0. The fraction of sp³-hybridized carbons (Fsp3) is 0.211. The van der Waals surface area contributed by atoms with Crippen molar-refractivity contribution in [3.8, 4) is 5.75 Å². The van der Waals surface area contributed by atoms with Gasteiger partial charge < -0.3 is 4.74 Å². The van der Waals surface area contributed by atoms with Crippen molar-refractivity contribution in [2.45, 2.75) is 20.8 Å². The summed E-state index contributed by atoms with van der Waals surface area (Å²) in [5, 5.41) is 0. The summed E-state index contributed by atoms with van der Waals surface area (Å²) in [4.78, 5) is 10.7. The van der Waals surface area contributed by atoms with Gasteiger partial charge in [0, 0.05) is 5.56 Å². The van der Waals surface area contributed by atoms with E-state index in [9.17, 15) is 4.79 Å². The number of aryl methyl sites for hydroxylation is 1. The number of aldehydes is 1. The quantitative estimate of drug-likeness (QED) is 0.604. The zero-order valence-corrected chi connectivity index (χ0v) is 12.9. The highest BCUT2D eigenvalue weighted by atomic mass is 16.5. The Balaban J connectivity index is 2.36. The third-order valence-electron chi connectivity index (χ3n) is 3.84. The lowest BCUT2D eigenvalue weighted by atomic mass is 9.96. The highest BCUT2D eigenvalue weighted by molar-refractivity contribution is 5.78. The van der Waals surface area contributed by atoms with Crippen LogP contribution in [0.15, 0.2) is 30.3 Å². The fourth-order valence-electron chi connectivity index (χ4n) is 2.40. The average molecular weight is 280 g/mol. The normalized spacial score (nSPS) is 10.9. The lowest BCUT2D eigenvalue weighted by Gasteiger charge is -2.13. The van der Waals surface area contributed by atoms with Crippen LogP contribution in [0.5, 0.6) is 5.75 Å². The Hall–Kier alpha value is -2.35. The minimum atomic E-state index is 0.694. The largest absolute Gasteiger partial charge is 0.496 e. The van der Waals surface area contributed by atoms with E-state index in [1.165, 1.54) is 22.3 Å². The second-order valence-electron chi connectivity index (χ2n) is 5.18. The maximum absolute atomic E-state index is 10.7. The zero-order valence-electron chi connectivity index (χ0n) is 12.9. The molecule has 21 heavy (non-hydrogen) atoms. The van der Waals surface area contributed by atoms with Crippen LogP contribution in [0.4, 0.5) is 0 Å². The van der Waals surface area contributed by atoms with E-state index in [-0.39, 0.29) is 0 Å². The summed E-state index contributed by atoms with van der Waals surface area (Å²) in [5.74, 6) is 0.928. The molecule has 0 aliphatic heterocycles. The van der Waals surface area contributed by atoms with Crippen LogP contribution >= 0.6 is 0 Å². The van der Waals surface area contributed by atoms with Crippen LogP contribution in [0, 0.1) is 20.8 Å². The highest BCUT2D eigenvalue weighted by Crippen LogP contribution is 2.28. The van der Waals surface area contributed by atoms with Gasteiger partial charge in [0.25, 0.3) is 0 Å². The summed E-state index contributed by atoms with van der Waals surface area (Å²) in [5.41, 5.74) is 6.57. The number of carbonyl (C=O) groups excluding carboxylic acids is 1. The molecule has 0 atom stereocenters. The van der Waals surface area contributed by atoms with Gasteiger partial charge in [0.05, 0.1) is 7.11 Å². The number of carbonyl (C=O) groups is 1. The van der Waals surface area contributed by atoms with Crippen molar-refractivity contribution in [1.82, 2.24) is 0 Å². The third kappa shape index (κ3) is 3.22. The second kappa shape index (κ2) is 6.40. The summed E-state index contributed by atoms with van der Waals surface area (Å²) in [6.45, 7) is 6.27. The van der Waals surface area contributed by atoms with Gasteiger partial charge in [0.15, 0.2) is 0 Å². The maximum atomic E-state index is 10.7. The van der Waals surface area contributed by atoms with Gasteiger partial charge in [-0.2, -0.15) is 0 Å². The van der Waals surface area contributed by atoms with E-state index >= 15 is 0 Å². The predicted octanol–water partition coefficient (Wildman–Crippen LogP) is 4.60. The van der Waals surface area contributed by atoms with Gasteiger partial charge >= 0.3 is 0 Å². The lowest BCUT2D eigenvalue weighted by molar-refractivity contribution is 0.112. The van der Waals surface area contributed by atoms with Crippen LogP contribution in [0.3, 0.4) is 0 Å². The molecule has 0 saturated carbocycles. The zero-order chi connectivity index (χ0) is 15.4. The topological polar surface area (TPSA) is 26.3 Å². The van der Waals surface area contributed by atoms with Crippen LogP contribution < -0.4 is 4.74 Å². The highest BCUT2D eigenvalue weighted by Gasteiger charge is 2.08. The van der Waals surface area contributed by atoms with Crippen LogP contribution in [0.1, 0.15) is 38.2 Å². The predicted molar refractivity (Wildman–Crippen MR) is 88.0 cm³/mol. The maximum Gasteiger partial charge on any atom is 0.150 e. The van der Waals surface area contributed by atoms with Crippen molar-refractivity contribution in [3.63, 3.8) is 0 Å². The average Bonchev–Trinajstić information content (AvgIpc) is 2.51. The van der Waals surface area contributed by atoms with Crippen molar-refractivity contribution in [3.05, 3.63) is 63.7 Å². The minimum Gasteiger partial charge on any atom is -0.496 e. The van der Waals surface area contributed by atoms with Crippen molar-refractivity contribution in [1.29, 1.82) is 0 Å². The molecule has 108 valence electrons. The summed E-state index contributed by atoms with van der Waals surface area (Å²) >= 11 is 0. The van der Waals surface area contributed by atoms with Crippen LogP contribution in [0.25, 0.3) is 12.2 Å². The standard InChI is InChI=1S/C19H20O2/c1-13-11-19(21-4)15(3)14(2)18(13)10-9-16-5-7-17(12-20)8-6-16/h5-12H,1-4H3/b10-9+. The number of hydrogen-bond donors (Lipinski definition) is 0. The lowest BCUT2D eigenvalue weighted by Crippen LogP contribution is -1.95. The molecule has 0 N–H and O–H groups in total. The Morgan fingerprint density at radius 3 is 2.10 bits per heavy atom. The molecule has 0 fully saturated rings. The molecule has 0 heterocycles. The van der Waals surface area contributed by atoms with Crippen LogP contribution in [-0.2, 0) is 0 Å². The summed E-state index contributed by atoms with van der Waals surface area (Å²) in [6.07, 6.45) is 5.04. The van der Waals surface area contributed by atoms with E-state index in [4.69, 9.17) is 4.74 Å². The number of methoxy groups -OCH3 is 1. The van der Waals surface area contributed by atoms with Crippen molar-refractivity contribution < 1.29 is 9.53 Å². The first-order valence-corrected chi connectivity index (χ1v) is 6.95. The van der Waals surface area contributed by atoms with Gasteiger partial charge in [0.1, 0.15) is 12.0 Å². The van der Waals surface area contributed by atoms with E-state index in [0.717, 1.165) is 17.6 Å². The number of rotatable bonds is 4. The van der Waals surface area contributed by atoms with Crippen molar-refractivity contribution in [2.24, 2.45) is 0 Å². The second-order valence-corrected chi connectivity index (χ2v) is 5.18. The summed E-state index contributed by atoms with van der Waals surface area (Å²) < 4.78 is 5.39. The summed E-state index contributed by atoms with van der Waals surface area (Å²) in [6, 6.07) is 9.61. The fourth-order valence-corrected chi connectivity index (χ4v) is 2.40. The van der Waals surface area contributed by atoms with Gasteiger partial charge in [-0.1, -0.05) is 36.4 Å². The Bertz CT molecular complexity index is 680. The molecule has 0 aliphatic rings. The monoisotopic (exact) mass is 280 g/mol. The van der Waals surface area contributed by atoms with Gasteiger partial charge in [-0.05, 0) is 54.7 Å². The van der Waals surface area contributed by atoms with Gasteiger partial charge in [-0.15, -0.1) is 0 Å². The Morgan fingerprint density at radius 2 is 1.52 bits per heavy atom. The molecule has 0 radical (unpaired) electrons. The molecule has 2 aromatic rings. The molecule has 0 unspecified atom stereocenters. The Kier molecular flexibility index (Phi) is 4.59. The Labute approximate surface area is 126 Å². The molecule has 0 aliphatic carbocycles. The first-order valence-electron chi connectivity index (χ1n) is 6.95. The van der Waals surface area contributed by atoms with E-state index in [1.54, 1.807) is 7.11 Å². The number of ether oxygens (including phenoxy) is 1. The smallest absolute Gasteiger partial charge is 0.150 e. The third-order valence-corrected chi connectivity index (χ3v) is 3.84. The molecular weight excluding hydrogens is 260 g/mol. The molecule has 0 amide bonds. The van der Waals surface area contributed by atoms with Crippen molar-refractivity contribution in [2.75, 3.05) is 7.11 Å². The molecule has 2 nitrogen and oxygen atoms in total. The Morgan fingerprint density at radius 1 is 0.905 bits per heavy atom. The van der Waals surface area contributed by atoms with E-state index in [2.05, 4.69) is 39.0 Å². The van der Waals surface area contributed by atoms with Gasteiger partial charge in [0.2, 0.25) is 0 Å². The molecule has 2 aromatic carbocycles. The molecule has 0 saturated heterocycles. The van der Waals surface area contributed by atoms with E-state index in [1.807, 2.05) is 24.3 Å². The molecular formula is C19H20O2. The number of benzene rings is 2. The van der Waals surface area contributed by atoms with Crippen LogP contribution in [-0.4, -0.2) is 13.4 Å². The molecule has 0 spiro atoms. The van der Waals surface area contributed by atoms with Crippen LogP contribution in [0.2, 0.25) is 0 Å². The van der Waals surface area contributed by atoms with Gasteiger partial charge in [-0.3, -0.25) is 4.79 Å². The van der Waals surface area contributed by atoms with Gasteiger partial charge in [-0.25, -0.2) is 0 Å². The first-order chi connectivity index (χ1) is 10.1. The number of hydrogen-bond acceptors (Lipinski definition) is 2.